The van der Waals surface area contributed by atoms with E-state index in [1.807, 2.05) is 0 Å². The van der Waals surface area contributed by atoms with Gasteiger partial charge in [0.05, 0.1) is 13.2 Å². The molecular formula is C19H21BrN2O4. The number of amides is 2. The summed E-state index contributed by atoms with van der Waals surface area (Å²) in [5.41, 5.74) is 1.07. The minimum absolute atomic E-state index is 0.0362. The fourth-order valence-corrected chi connectivity index (χ4v) is 1.91. The van der Waals surface area contributed by atoms with Crippen molar-refractivity contribution in [3.8, 4) is 0 Å². The van der Waals surface area contributed by atoms with Gasteiger partial charge in [0.25, 0.3) is 11.8 Å². The van der Waals surface area contributed by atoms with Crippen molar-refractivity contribution in [1.29, 1.82) is 0 Å². The first kappa shape index (κ1) is 21.6. The van der Waals surface area contributed by atoms with Gasteiger partial charge in [-0.3, -0.25) is 9.59 Å². The lowest BCUT2D eigenvalue weighted by Gasteiger charge is -2.10. The molecular weight excluding hydrogens is 400 g/mol. The summed E-state index contributed by atoms with van der Waals surface area (Å²) in [4.78, 5) is 24.5. The molecule has 0 spiro atoms. The Hall–Kier alpha value is -2.48. The maximum absolute atomic E-state index is 12.3. The van der Waals surface area contributed by atoms with Gasteiger partial charge in [-0.1, -0.05) is 52.9 Å². The fourth-order valence-electron chi connectivity index (χ4n) is 1.76. The summed E-state index contributed by atoms with van der Waals surface area (Å²) >= 11 is 3.27. The molecule has 26 heavy (non-hydrogen) atoms. The predicted octanol–water partition coefficient (Wildman–Crippen LogP) is 1.92. The topological polar surface area (TPSA) is 98.7 Å². The number of carbonyl (C=O) groups excluding carboxylic acids is 2. The van der Waals surface area contributed by atoms with Gasteiger partial charge in [-0.15, -0.1) is 0 Å². The molecule has 2 amide bonds. The number of carbonyl (C=O) groups is 2. The van der Waals surface area contributed by atoms with Crippen molar-refractivity contribution in [2.45, 2.75) is 6.61 Å². The second-order valence-electron chi connectivity index (χ2n) is 5.01. The van der Waals surface area contributed by atoms with Crippen molar-refractivity contribution >= 4 is 27.7 Å². The number of aliphatic hydroxyl groups excluding tert-OH is 2. The molecule has 0 saturated carbocycles. The molecule has 0 heterocycles. The van der Waals surface area contributed by atoms with Gasteiger partial charge < -0.3 is 20.8 Å². The molecule has 0 aliphatic heterocycles. The van der Waals surface area contributed by atoms with E-state index in [4.69, 9.17) is 10.2 Å². The third kappa shape index (κ3) is 7.60. The van der Waals surface area contributed by atoms with Crippen molar-refractivity contribution in [2.75, 3.05) is 13.2 Å². The molecule has 0 aromatic heterocycles. The van der Waals surface area contributed by atoms with Crippen molar-refractivity contribution in [1.82, 2.24) is 10.6 Å². The Bertz CT molecular complexity index is 722. The van der Waals surface area contributed by atoms with Gasteiger partial charge in [0.15, 0.2) is 0 Å². The smallest absolute Gasteiger partial charge is 0.267 e. The Balaban J connectivity index is 2.93. The van der Waals surface area contributed by atoms with Gasteiger partial charge >= 0.3 is 0 Å². The van der Waals surface area contributed by atoms with Crippen LogP contribution in [0, 0.1) is 0 Å². The van der Waals surface area contributed by atoms with E-state index in [0.717, 1.165) is 4.48 Å². The zero-order valence-electron chi connectivity index (χ0n) is 14.1. The molecule has 0 saturated heterocycles. The molecule has 0 atom stereocenters. The highest BCUT2D eigenvalue weighted by Crippen LogP contribution is 2.06. The molecule has 0 unspecified atom stereocenters. The highest BCUT2D eigenvalue weighted by Gasteiger charge is 2.13. The molecule has 4 N–H and O–H groups in total. The number of allylic oxidation sites excluding steroid dienone is 6. The lowest BCUT2D eigenvalue weighted by Crippen LogP contribution is -2.36. The molecule has 0 fully saturated rings. The van der Waals surface area contributed by atoms with E-state index in [2.05, 4.69) is 33.1 Å². The van der Waals surface area contributed by atoms with E-state index in [0.29, 0.717) is 11.1 Å². The van der Waals surface area contributed by atoms with Gasteiger partial charge in [0.2, 0.25) is 0 Å². The number of halogens is 1. The van der Waals surface area contributed by atoms with Crippen LogP contribution in [0.1, 0.15) is 15.9 Å². The number of benzene rings is 1. The zero-order valence-corrected chi connectivity index (χ0v) is 15.7. The van der Waals surface area contributed by atoms with Gasteiger partial charge in [-0.05, 0) is 29.8 Å². The van der Waals surface area contributed by atoms with E-state index >= 15 is 0 Å². The molecule has 1 aromatic carbocycles. The average molecular weight is 421 g/mol. The lowest BCUT2D eigenvalue weighted by atomic mass is 10.1. The lowest BCUT2D eigenvalue weighted by molar-refractivity contribution is -0.117. The van der Waals surface area contributed by atoms with Crippen LogP contribution in [0.25, 0.3) is 0 Å². The SMILES string of the molecule is C=C\C(Br)=C/C=C/C=C(\NC(=O)c1ccc(CO)cc1)C(=O)NCCO. The first-order valence-corrected chi connectivity index (χ1v) is 8.58. The maximum atomic E-state index is 12.3. The Labute approximate surface area is 160 Å². The van der Waals surface area contributed by atoms with Crippen LogP contribution in [0.2, 0.25) is 0 Å². The molecule has 0 bridgehead atoms. The van der Waals surface area contributed by atoms with Crippen molar-refractivity contribution < 1.29 is 19.8 Å². The molecule has 7 heteroatoms. The van der Waals surface area contributed by atoms with E-state index < -0.39 is 11.8 Å². The Morgan fingerprint density at radius 2 is 1.77 bits per heavy atom. The molecule has 1 aromatic rings. The summed E-state index contributed by atoms with van der Waals surface area (Å²) in [5, 5.41) is 22.9. The Kier molecular flexibility index (Phi) is 9.93. The largest absolute Gasteiger partial charge is 0.395 e. The second-order valence-corrected chi connectivity index (χ2v) is 5.93. The van der Waals surface area contributed by atoms with Crippen LogP contribution < -0.4 is 10.6 Å². The number of aliphatic hydroxyl groups is 2. The van der Waals surface area contributed by atoms with Crippen LogP contribution in [0.15, 0.2) is 71.4 Å². The van der Waals surface area contributed by atoms with Crippen molar-refractivity contribution in [3.05, 3.63) is 82.5 Å². The molecule has 0 aliphatic carbocycles. The predicted molar refractivity (Wildman–Crippen MR) is 104 cm³/mol. The van der Waals surface area contributed by atoms with Crippen LogP contribution in [0.3, 0.4) is 0 Å². The molecule has 138 valence electrons. The second kappa shape index (κ2) is 12.0. The van der Waals surface area contributed by atoms with Crippen LogP contribution in [0.5, 0.6) is 0 Å². The number of rotatable bonds is 9. The molecule has 0 radical (unpaired) electrons. The van der Waals surface area contributed by atoms with Crippen LogP contribution in [-0.4, -0.2) is 35.2 Å². The monoisotopic (exact) mass is 420 g/mol. The summed E-state index contributed by atoms with van der Waals surface area (Å²) in [6.45, 7) is 3.35. The minimum Gasteiger partial charge on any atom is -0.395 e. The van der Waals surface area contributed by atoms with E-state index in [1.54, 1.807) is 48.6 Å². The third-order valence-corrected chi connectivity index (χ3v) is 3.70. The highest BCUT2D eigenvalue weighted by molar-refractivity contribution is 9.11. The van der Waals surface area contributed by atoms with Gasteiger partial charge in [0, 0.05) is 16.6 Å². The van der Waals surface area contributed by atoms with Gasteiger partial charge in [0.1, 0.15) is 5.70 Å². The maximum Gasteiger partial charge on any atom is 0.267 e. The number of hydrogen-bond acceptors (Lipinski definition) is 4. The fraction of sp³-hybridized carbons (Fsp3) is 0.158. The summed E-state index contributed by atoms with van der Waals surface area (Å²) in [7, 11) is 0. The molecule has 0 aliphatic rings. The molecule has 1 rings (SSSR count). The van der Waals surface area contributed by atoms with Gasteiger partial charge in [-0.25, -0.2) is 0 Å². The quantitative estimate of drug-likeness (QED) is 0.362. The Morgan fingerprint density at radius 1 is 1.12 bits per heavy atom. The van der Waals surface area contributed by atoms with Crippen molar-refractivity contribution in [3.63, 3.8) is 0 Å². The van der Waals surface area contributed by atoms with Gasteiger partial charge in [-0.2, -0.15) is 0 Å². The standard InChI is InChI=1S/C19H21BrN2O4/c1-2-16(20)5-3-4-6-17(19(26)21-11-12-23)22-18(25)15-9-7-14(13-24)8-10-15/h2-10,23-24H,1,11-13H2,(H,21,26)(H,22,25)/b4-3+,16-5+,17-6-. The van der Waals surface area contributed by atoms with E-state index in [1.165, 1.54) is 6.08 Å². The first-order valence-electron chi connectivity index (χ1n) is 7.78. The zero-order chi connectivity index (χ0) is 19.4. The summed E-state index contributed by atoms with van der Waals surface area (Å²) in [5.74, 6) is -0.980. The van der Waals surface area contributed by atoms with Crippen LogP contribution in [-0.2, 0) is 11.4 Å². The third-order valence-electron chi connectivity index (χ3n) is 3.11. The minimum atomic E-state index is -0.518. The molecule has 6 nitrogen and oxygen atoms in total. The number of nitrogens with one attached hydrogen (secondary N) is 2. The average Bonchev–Trinajstić information content (AvgIpc) is 2.67. The van der Waals surface area contributed by atoms with Crippen molar-refractivity contribution in [2.24, 2.45) is 0 Å². The summed E-state index contributed by atoms with van der Waals surface area (Å²) in [6.07, 6.45) is 8.05. The van der Waals surface area contributed by atoms with E-state index in [9.17, 15) is 9.59 Å². The van der Waals surface area contributed by atoms with Crippen LogP contribution >= 0.6 is 15.9 Å². The number of hydrogen-bond donors (Lipinski definition) is 4. The Morgan fingerprint density at radius 3 is 2.35 bits per heavy atom. The summed E-state index contributed by atoms with van der Waals surface area (Å²) in [6, 6.07) is 6.37. The van der Waals surface area contributed by atoms with E-state index in [-0.39, 0.29) is 25.5 Å². The normalized spacial score (nSPS) is 12.1. The highest BCUT2D eigenvalue weighted by atomic mass is 79.9. The van der Waals surface area contributed by atoms with Crippen LogP contribution in [0.4, 0.5) is 0 Å². The summed E-state index contributed by atoms with van der Waals surface area (Å²) < 4.78 is 0.765. The first-order chi connectivity index (χ1) is 12.5.